The van der Waals surface area contributed by atoms with Gasteiger partial charge in [0.1, 0.15) is 15.9 Å². The molecule has 1 rings (SSSR count). The summed E-state index contributed by atoms with van der Waals surface area (Å²) in [4.78, 5) is 10.4. The van der Waals surface area contributed by atoms with Gasteiger partial charge in [0.05, 0.1) is 0 Å². The van der Waals surface area contributed by atoms with Crippen molar-refractivity contribution in [2.75, 3.05) is 0 Å². The van der Waals surface area contributed by atoms with E-state index >= 15 is 0 Å². The summed E-state index contributed by atoms with van der Waals surface area (Å²) >= 11 is 0. The molecular formula is C11H12F3NO4S. The molecule has 5 nitrogen and oxygen atoms in total. The van der Waals surface area contributed by atoms with Crippen LogP contribution in [-0.2, 0) is 14.6 Å². The van der Waals surface area contributed by atoms with Crippen LogP contribution in [0, 0.1) is 0 Å². The first-order chi connectivity index (χ1) is 9.09. The van der Waals surface area contributed by atoms with Gasteiger partial charge in [-0.05, 0) is 18.6 Å². The Bertz CT molecular complexity index is 598. The number of carbonyl (C=O) groups is 1. The van der Waals surface area contributed by atoms with E-state index < -0.39 is 38.0 Å². The van der Waals surface area contributed by atoms with Crippen molar-refractivity contribution in [1.29, 1.82) is 0 Å². The highest BCUT2D eigenvalue weighted by atomic mass is 32.2. The Hall–Kier alpha value is -1.77. The molecule has 2 N–H and O–H groups in total. The number of ether oxygens (including phenoxy) is 1. The fourth-order valence-corrected chi connectivity index (χ4v) is 3.33. The van der Waals surface area contributed by atoms with Gasteiger partial charge < -0.3 is 10.5 Å². The summed E-state index contributed by atoms with van der Waals surface area (Å²) < 4.78 is 64.7. The van der Waals surface area contributed by atoms with Crippen LogP contribution in [0.5, 0.6) is 5.75 Å². The maximum atomic E-state index is 12.2. The number of primary amides is 1. The lowest BCUT2D eigenvalue weighted by Crippen LogP contribution is -2.35. The van der Waals surface area contributed by atoms with Crippen LogP contribution in [0.4, 0.5) is 13.2 Å². The number of hydrogen-bond acceptors (Lipinski definition) is 4. The van der Waals surface area contributed by atoms with Crippen LogP contribution in [0.2, 0.25) is 0 Å². The van der Waals surface area contributed by atoms with Crippen molar-refractivity contribution in [3.8, 4) is 5.75 Å². The average molecular weight is 311 g/mol. The van der Waals surface area contributed by atoms with Gasteiger partial charge in [0, 0.05) is 0 Å². The predicted octanol–water partition coefficient (Wildman–Crippen LogP) is 1.62. The first-order valence-corrected chi connectivity index (χ1v) is 7.02. The third-order valence-electron chi connectivity index (χ3n) is 2.44. The summed E-state index contributed by atoms with van der Waals surface area (Å²) in [7, 11) is -4.35. The molecule has 0 aliphatic carbocycles. The van der Waals surface area contributed by atoms with Crippen molar-refractivity contribution >= 4 is 15.7 Å². The number of halogens is 3. The minimum Gasteiger partial charge on any atom is -0.404 e. The van der Waals surface area contributed by atoms with E-state index in [9.17, 15) is 26.4 Å². The van der Waals surface area contributed by atoms with Gasteiger partial charge in [-0.1, -0.05) is 19.1 Å². The van der Waals surface area contributed by atoms with Gasteiger partial charge in [0.2, 0.25) is 5.91 Å². The smallest absolute Gasteiger partial charge is 0.404 e. The van der Waals surface area contributed by atoms with Gasteiger partial charge in [0.15, 0.2) is 9.84 Å². The summed E-state index contributed by atoms with van der Waals surface area (Å²) in [5.74, 6) is -2.02. The van der Waals surface area contributed by atoms with Crippen LogP contribution in [-0.4, -0.2) is 25.9 Å². The summed E-state index contributed by atoms with van der Waals surface area (Å²) in [5.41, 5.74) is 4.97. The summed E-state index contributed by atoms with van der Waals surface area (Å²) in [6.45, 7) is 1.39. The van der Waals surface area contributed by atoms with Crippen LogP contribution < -0.4 is 10.5 Å². The Kier molecular flexibility index (Phi) is 4.64. The number of alkyl halides is 3. The molecule has 0 aliphatic rings. The molecule has 112 valence electrons. The van der Waals surface area contributed by atoms with Crippen molar-refractivity contribution in [3.05, 3.63) is 24.3 Å². The zero-order chi connectivity index (χ0) is 15.6. The Morgan fingerprint density at radius 3 is 2.35 bits per heavy atom. The van der Waals surface area contributed by atoms with E-state index in [1.807, 2.05) is 0 Å². The zero-order valence-electron chi connectivity index (χ0n) is 10.3. The van der Waals surface area contributed by atoms with Gasteiger partial charge in [-0.3, -0.25) is 4.79 Å². The normalized spacial score (nSPS) is 13.8. The lowest BCUT2D eigenvalue weighted by Gasteiger charge is -2.16. The average Bonchev–Trinajstić information content (AvgIpc) is 2.27. The number of amides is 1. The number of hydrogen-bond donors (Lipinski definition) is 1. The first kappa shape index (κ1) is 16.3. The maximum Gasteiger partial charge on any atom is 0.573 e. The molecule has 0 aromatic heterocycles. The highest BCUT2D eigenvalue weighted by Gasteiger charge is 2.37. The summed E-state index contributed by atoms with van der Waals surface area (Å²) in [6, 6.07) is 4.20. The Morgan fingerprint density at radius 1 is 1.35 bits per heavy atom. The Labute approximate surface area is 113 Å². The molecule has 9 heteroatoms. The van der Waals surface area contributed by atoms with Crippen LogP contribution in [0.25, 0.3) is 0 Å². The van der Waals surface area contributed by atoms with Gasteiger partial charge in [-0.15, -0.1) is 13.2 Å². The monoisotopic (exact) mass is 311 g/mol. The second kappa shape index (κ2) is 5.70. The number of benzene rings is 1. The molecule has 0 radical (unpaired) electrons. The van der Waals surface area contributed by atoms with Gasteiger partial charge in [-0.2, -0.15) is 0 Å². The number of para-hydroxylation sites is 1. The van der Waals surface area contributed by atoms with E-state index in [0.29, 0.717) is 0 Å². The lowest BCUT2D eigenvalue weighted by molar-refractivity contribution is -0.275. The topological polar surface area (TPSA) is 86.5 Å². The molecule has 1 unspecified atom stereocenters. The largest absolute Gasteiger partial charge is 0.573 e. The predicted molar refractivity (Wildman–Crippen MR) is 63.6 cm³/mol. The fraction of sp³-hybridized carbons (Fsp3) is 0.364. The van der Waals surface area contributed by atoms with Gasteiger partial charge in [-0.25, -0.2) is 8.42 Å². The van der Waals surface area contributed by atoms with E-state index in [0.717, 1.165) is 12.1 Å². The molecule has 1 atom stereocenters. The molecule has 0 saturated heterocycles. The standard InChI is InChI=1S/C11H12F3NO4S/c1-2-8(10(15)16)20(17,18)9-6-4-3-5-7(9)19-11(12,13)14/h3-6,8H,2H2,1H3,(H2,15,16). The zero-order valence-corrected chi connectivity index (χ0v) is 11.2. The number of rotatable bonds is 5. The number of nitrogens with two attached hydrogens (primary N) is 1. The highest BCUT2D eigenvalue weighted by molar-refractivity contribution is 7.93. The van der Waals surface area contributed by atoms with Gasteiger partial charge in [0.25, 0.3) is 0 Å². The molecule has 0 saturated carbocycles. The maximum absolute atomic E-state index is 12.2. The van der Waals surface area contributed by atoms with Crippen molar-refractivity contribution in [3.63, 3.8) is 0 Å². The van der Waals surface area contributed by atoms with E-state index in [1.165, 1.54) is 19.1 Å². The molecule has 0 heterocycles. The first-order valence-electron chi connectivity index (χ1n) is 5.47. The fourth-order valence-electron chi connectivity index (χ4n) is 1.62. The van der Waals surface area contributed by atoms with Gasteiger partial charge >= 0.3 is 6.36 Å². The molecule has 1 aromatic rings. The van der Waals surface area contributed by atoms with Crippen LogP contribution in [0.3, 0.4) is 0 Å². The van der Waals surface area contributed by atoms with Crippen LogP contribution in [0.1, 0.15) is 13.3 Å². The summed E-state index contributed by atoms with van der Waals surface area (Å²) in [6.07, 6.45) is -5.20. The second-order valence-corrected chi connectivity index (χ2v) is 5.94. The third-order valence-corrected chi connectivity index (χ3v) is 4.71. The molecule has 1 aromatic carbocycles. The highest BCUT2D eigenvalue weighted by Crippen LogP contribution is 2.32. The van der Waals surface area contributed by atoms with Crippen LogP contribution >= 0.6 is 0 Å². The third kappa shape index (κ3) is 3.62. The molecule has 20 heavy (non-hydrogen) atoms. The number of sulfone groups is 1. The molecule has 0 aliphatic heterocycles. The van der Waals surface area contributed by atoms with E-state index in [2.05, 4.69) is 4.74 Å². The van der Waals surface area contributed by atoms with E-state index in [4.69, 9.17) is 5.73 Å². The van der Waals surface area contributed by atoms with Crippen LogP contribution in [0.15, 0.2) is 29.2 Å². The van der Waals surface area contributed by atoms with E-state index in [-0.39, 0.29) is 6.42 Å². The Balaban J connectivity index is 3.36. The molecule has 0 fully saturated rings. The van der Waals surface area contributed by atoms with Crippen molar-refractivity contribution in [2.24, 2.45) is 5.73 Å². The molecular weight excluding hydrogens is 299 g/mol. The molecule has 0 bridgehead atoms. The molecule has 0 spiro atoms. The molecule has 1 amide bonds. The second-order valence-electron chi connectivity index (χ2n) is 3.84. The van der Waals surface area contributed by atoms with Crippen molar-refractivity contribution < 1.29 is 31.1 Å². The lowest BCUT2D eigenvalue weighted by atomic mass is 10.3. The van der Waals surface area contributed by atoms with E-state index in [1.54, 1.807) is 0 Å². The quantitative estimate of drug-likeness (QED) is 0.895. The minimum atomic E-state index is -5.04. The number of carbonyl (C=O) groups excluding carboxylic acids is 1. The minimum absolute atomic E-state index is 0.155. The van der Waals surface area contributed by atoms with Crippen molar-refractivity contribution in [2.45, 2.75) is 29.9 Å². The Morgan fingerprint density at radius 2 is 1.90 bits per heavy atom. The summed E-state index contributed by atoms with van der Waals surface area (Å²) in [5, 5.41) is -1.61. The SMILES string of the molecule is CCC(C(N)=O)S(=O)(=O)c1ccccc1OC(F)(F)F. The van der Waals surface area contributed by atoms with Crippen molar-refractivity contribution in [1.82, 2.24) is 0 Å².